The van der Waals surface area contributed by atoms with Crippen LogP contribution in [-0.4, -0.2) is 24.2 Å². The largest absolute Gasteiger partial charge is 1.00 e. The molecule has 0 spiro atoms. The Morgan fingerprint density at radius 1 is 0.409 bits per heavy atom. The van der Waals surface area contributed by atoms with Gasteiger partial charge in [-0.2, -0.15) is 0 Å². The van der Waals surface area contributed by atoms with Gasteiger partial charge in [-0.3, -0.25) is 0 Å². The van der Waals surface area contributed by atoms with E-state index in [1.807, 2.05) is 0 Å². The van der Waals surface area contributed by atoms with Gasteiger partial charge in [-0.15, -0.1) is 0 Å². The van der Waals surface area contributed by atoms with Crippen molar-refractivity contribution < 1.29 is 57.7 Å². The maximum atomic E-state index is 2.70. The van der Waals surface area contributed by atoms with Crippen molar-refractivity contribution in [1.29, 1.82) is 0 Å². The number of hydrogen-bond donors (Lipinski definition) is 0. The van der Waals surface area contributed by atoms with Crippen LogP contribution in [-0.2, 0) is 20.4 Å². The van der Waals surface area contributed by atoms with Gasteiger partial charge in [0.05, 0.1) is 0 Å². The number of benzene rings is 3. The maximum Gasteiger partial charge on any atom is -1.00 e. The molecule has 0 N–H and O–H groups in total. The standard InChI is InChI=1S/C37H51Si3.3ClH.Ti/c1-24-15-25(2)18-34(17-24)40(35-19-26(3)16-27(4)20-35,37-30(7)28(5)29(6)31(37)8)36-22-32(38(9,10)11)21-33(23-36)39(12,13)14;;;;/h15-23H,1-14H3;3*1H;/q;;;;+3/p-3. The van der Waals surface area contributed by atoms with Crippen molar-refractivity contribution in [3.8, 4) is 0 Å². The Morgan fingerprint density at radius 2 is 0.659 bits per heavy atom. The Hall–Kier alpha value is -0.625. The fourth-order valence-electron chi connectivity index (χ4n) is 7.21. The summed E-state index contributed by atoms with van der Waals surface area (Å²) < 4.78 is -0.0869. The topological polar surface area (TPSA) is 0 Å². The fourth-order valence-corrected chi connectivity index (χ4v) is 18.9. The third-order valence-corrected chi connectivity index (χ3v) is 22.1. The first-order valence-corrected chi connectivity index (χ1v) is 25.0. The van der Waals surface area contributed by atoms with Crippen LogP contribution in [0.2, 0.25) is 42.6 Å². The quantitative estimate of drug-likeness (QED) is 0.212. The van der Waals surface area contributed by atoms with Crippen LogP contribution in [0.5, 0.6) is 0 Å². The summed E-state index contributed by atoms with van der Waals surface area (Å²) in [6.45, 7) is 34.0. The number of hydrogen-bond acceptors (Lipinski definition) is 0. The fraction of sp³-hybridized carbons (Fsp3) is 0.405. The summed E-state index contributed by atoms with van der Waals surface area (Å²) >= 11 is 2.62. The van der Waals surface area contributed by atoms with E-state index in [0.29, 0.717) is 0 Å². The van der Waals surface area contributed by atoms with Crippen molar-refractivity contribution in [3.05, 3.63) is 99.1 Å². The number of aryl methyl sites for hydroxylation is 4. The predicted molar refractivity (Wildman–Crippen MR) is 188 cm³/mol. The summed E-state index contributed by atoms with van der Waals surface area (Å²) in [5.41, 5.74) is 11.6. The van der Waals surface area contributed by atoms with Crippen LogP contribution in [0.15, 0.2) is 76.9 Å². The summed E-state index contributed by atoms with van der Waals surface area (Å²) in [5, 5.41) is 7.93. The van der Waals surface area contributed by atoms with E-state index in [9.17, 15) is 0 Å². The molecule has 0 nitrogen and oxygen atoms in total. The molecular weight excluding hydrogens is 683 g/mol. The number of allylic oxidation sites excluding steroid dienone is 4. The molecule has 44 heavy (non-hydrogen) atoms. The van der Waals surface area contributed by atoms with Crippen LogP contribution in [0.4, 0.5) is 0 Å². The zero-order chi connectivity index (χ0) is 30.9. The van der Waals surface area contributed by atoms with Crippen molar-refractivity contribution in [2.75, 3.05) is 0 Å². The van der Waals surface area contributed by atoms with E-state index in [1.54, 1.807) is 37.1 Å². The van der Waals surface area contributed by atoms with Crippen LogP contribution in [0, 0.1) is 27.7 Å². The first kappa shape index (κ1) is 41.4. The molecular formula is C37H51Cl3Si3Ti. The van der Waals surface area contributed by atoms with E-state index in [4.69, 9.17) is 0 Å². The molecule has 1 aliphatic carbocycles. The third kappa shape index (κ3) is 6.97. The summed E-state index contributed by atoms with van der Waals surface area (Å²) in [6.07, 6.45) is 0. The van der Waals surface area contributed by atoms with Gasteiger partial charge in [0.15, 0.2) is 0 Å². The third-order valence-electron chi connectivity index (χ3n) is 9.78. The average molecular weight is 734 g/mol. The smallest absolute Gasteiger partial charge is 1.00 e. The molecule has 4 rings (SSSR count). The minimum atomic E-state index is -2.74. The predicted octanol–water partition coefficient (Wildman–Crippen LogP) is -1.58. The van der Waals surface area contributed by atoms with Crippen LogP contribution in [0.3, 0.4) is 0 Å². The molecule has 236 valence electrons. The van der Waals surface area contributed by atoms with Crippen molar-refractivity contribution in [2.45, 2.75) is 98.0 Å². The Bertz CT molecular complexity index is 1460. The Morgan fingerprint density at radius 3 is 0.932 bits per heavy atom. The molecule has 0 saturated carbocycles. The summed E-state index contributed by atoms with van der Waals surface area (Å²) in [6, 6.07) is 23.0. The summed E-state index contributed by atoms with van der Waals surface area (Å²) in [7, 11) is -5.95. The Labute approximate surface area is 302 Å². The molecule has 0 atom stereocenters. The van der Waals surface area contributed by atoms with Gasteiger partial charge >= 0.3 is 268 Å². The molecule has 0 unspecified atom stereocenters. The molecule has 0 aliphatic heterocycles. The molecule has 0 bridgehead atoms. The molecule has 0 fully saturated rings. The molecule has 0 heterocycles. The average Bonchev–Trinajstić information content (AvgIpc) is 2.98. The molecule has 3 aromatic carbocycles. The van der Waals surface area contributed by atoms with E-state index >= 15 is 0 Å². The molecule has 0 aromatic heterocycles. The van der Waals surface area contributed by atoms with Crippen molar-refractivity contribution >= 4 is 50.2 Å². The van der Waals surface area contributed by atoms with E-state index in [2.05, 4.69) is 170 Å². The van der Waals surface area contributed by atoms with Crippen LogP contribution in [0.1, 0.15) is 49.9 Å². The number of rotatable bonds is 6. The van der Waals surface area contributed by atoms with Gasteiger partial charge in [0, 0.05) is 0 Å². The van der Waals surface area contributed by atoms with Gasteiger partial charge in [0.2, 0.25) is 0 Å². The molecule has 1 aliphatic rings. The monoisotopic (exact) mass is 732 g/mol. The van der Waals surface area contributed by atoms with E-state index < -0.39 is 24.2 Å². The maximum absolute atomic E-state index is 2.74. The second-order valence-corrected chi connectivity index (χ2v) is 31.1. The van der Waals surface area contributed by atoms with Gasteiger partial charge < -0.3 is 37.2 Å². The molecule has 7 heteroatoms. The SMILES string of the molecule is CC1=C(C)[C]([Ti+3])([Si](c2cc(C)cc(C)c2)(c2cc(C)cc(C)c2)c2cc([Si](C)(C)C)cc([Si](C)(C)C)c2)C(C)=C1C.[Cl-].[Cl-].[Cl-]. The van der Waals surface area contributed by atoms with Crippen molar-refractivity contribution in [1.82, 2.24) is 0 Å². The molecule has 3 aromatic rings. The molecule has 0 radical (unpaired) electrons. The number of halogens is 3. The first-order chi connectivity index (χ1) is 18.7. The zero-order valence-corrected chi connectivity index (χ0v) is 36.2. The second kappa shape index (κ2) is 14.2. The van der Waals surface area contributed by atoms with E-state index in [0.717, 1.165) is 0 Å². The normalized spacial score (nSPS) is 15.1. The van der Waals surface area contributed by atoms with Crippen molar-refractivity contribution in [2.24, 2.45) is 0 Å². The zero-order valence-electron chi connectivity index (χ0n) is 29.3. The van der Waals surface area contributed by atoms with E-state index in [1.165, 1.54) is 33.4 Å². The minimum Gasteiger partial charge on any atom is -1.00 e. The van der Waals surface area contributed by atoms with Gasteiger partial charge in [-0.1, -0.05) is 0 Å². The van der Waals surface area contributed by atoms with Crippen molar-refractivity contribution in [3.63, 3.8) is 0 Å². The minimum absolute atomic E-state index is 0. The molecule has 0 amide bonds. The van der Waals surface area contributed by atoms with Crippen LogP contribution >= 0.6 is 0 Å². The second-order valence-electron chi connectivity index (χ2n) is 15.1. The summed E-state index contributed by atoms with van der Waals surface area (Å²) in [4.78, 5) is 0. The van der Waals surface area contributed by atoms with Gasteiger partial charge in [-0.25, -0.2) is 0 Å². The van der Waals surface area contributed by atoms with Crippen LogP contribution in [0.25, 0.3) is 0 Å². The van der Waals surface area contributed by atoms with Gasteiger partial charge in [-0.05, 0) is 0 Å². The summed E-state index contributed by atoms with van der Waals surface area (Å²) in [5.74, 6) is 0. The van der Waals surface area contributed by atoms with Gasteiger partial charge in [0.1, 0.15) is 0 Å². The van der Waals surface area contributed by atoms with Gasteiger partial charge in [0.25, 0.3) is 0 Å². The Balaban J connectivity index is 0.00000323. The van der Waals surface area contributed by atoms with Crippen LogP contribution < -0.4 is 63.2 Å². The Kier molecular flexibility index (Phi) is 13.4. The molecule has 0 saturated heterocycles. The van der Waals surface area contributed by atoms with E-state index in [-0.39, 0.29) is 40.6 Å². The first-order valence-electron chi connectivity index (χ1n) is 15.2.